The number of hydrogen-bond donors (Lipinski definition) is 0. The Labute approximate surface area is 114 Å². The van der Waals surface area contributed by atoms with Crippen LogP contribution in [0.3, 0.4) is 0 Å². The largest absolute Gasteiger partial charge is 0.484 e. The van der Waals surface area contributed by atoms with Crippen LogP contribution in [0.15, 0.2) is 30.3 Å². The summed E-state index contributed by atoms with van der Waals surface area (Å²) in [6, 6.07) is 9.26. The minimum atomic E-state index is -0.162. The van der Waals surface area contributed by atoms with Crippen molar-refractivity contribution in [3.8, 4) is 5.75 Å². The first-order valence-electron chi connectivity index (χ1n) is 5.69. The van der Waals surface area contributed by atoms with Gasteiger partial charge in [0.25, 0.3) is 0 Å². The Kier molecular flexibility index (Phi) is 2.88. The standard InChI is InChI=1S/C14H11ClO2S/c1-8-2-5-14(18-8)13-7-11(16)10-6-9(15)3-4-12(10)17-13/h2-6,13H,7H2,1H3. The number of fused-ring (bicyclic) bond motifs is 1. The second-order valence-electron chi connectivity index (χ2n) is 4.32. The molecule has 92 valence electrons. The Bertz CT molecular complexity index is 618. The second-order valence-corrected chi connectivity index (χ2v) is 6.08. The molecule has 2 heterocycles. The van der Waals surface area contributed by atoms with Crippen molar-refractivity contribution in [3.05, 3.63) is 50.7 Å². The van der Waals surface area contributed by atoms with E-state index in [4.69, 9.17) is 16.3 Å². The summed E-state index contributed by atoms with van der Waals surface area (Å²) < 4.78 is 5.89. The predicted octanol–water partition coefficient (Wildman–Crippen LogP) is 4.42. The van der Waals surface area contributed by atoms with E-state index < -0.39 is 0 Å². The molecule has 0 spiro atoms. The number of rotatable bonds is 1. The summed E-state index contributed by atoms with van der Waals surface area (Å²) in [7, 11) is 0. The molecule has 1 atom stereocenters. The van der Waals surface area contributed by atoms with Gasteiger partial charge in [0.15, 0.2) is 5.78 Å². The van der Waals surface area contributed by atoms with Gasteiger partial charge in [0, 0.05) is 14.8 Å². The Balaban J connectivity index is 1.96. The highest BCUT2D eigenvalue weighted by Gasteiger charge is 2.28. The number of ether oxygens (including phenoxy) is 1. The van der Waals surface area contributed by atoms with E-state index >= 15 is 0 Å². The van der Waals surface area contributed by atoms with E-state index in [-0.39, 0.29) is 11.9 Å². The van der Waals surface area contributed by atoms with Gasteiger partial charge in [-0.25, -0.2) is 0 Å². The molecule has 0 N–H and O–H groups in total. The average Bonchev–Trinajstić information content (AvgIpc) is 2.77. The van der Waals surface area contributed by atoms with Gasteiger partial charge in [0.1, 0.15) is 11.9 Å². The van der Waals surface area contributed by atoms with Gasteiger partial charge in [-0.2, -0.15) is 0 Å². The summed E-state index contributed by atoms with van der Waals surface area (Å²) in [5.74, 6) is 0.724. The quantitative estimate of drug-likeness (QED) is 0.772. The predicted molar refractivity (Wildman–Crippen MR) is 72.8 cm³/mol. The van der Waals surface area contributed by atoms with Crippen molar-refractivity contribution in [1.82, 2.24) is 0 Å². The molecular weight excluding hydrogens is 268 g/mol. The number of benzene rings is 1. The summed E-state index contributed by atoms with van der Waals surface area (Å²) in [4.78, 5) is 14.4. The van der Waals surface area contributed by atoms with Crippen LogP contribution in [0.25, 0.3) is 0 Å². The van der Waals surface area contributed by atoms with Gasteiger partial charge >= 0.3 is 0 Å². The van der Waals surface area contributed by atoms with E-state index in [9.17, 15) is 4.79 Å². The first-order chi connectivity index (χ1) is 8.63. The molecule has 2 nitrogen and oxygen atoms in total. The molecule has 3 rings (SSSR count). The number of halogens is 1. The number of hydrogen-bond acceptors (Lipinski definition) is 3. The molecule has 0 bridgehead atoms. The maximum atomic E-state index is 12.1. The van der Waals surface area contributed by atoms with Crippen LogP contribution < -0.4 is 4.74 Å². The molecule has 0 saturated carbocycles. The number of ketones is 1. The van der Waals surface area contributed by atoms with E-state index in [1.54, 1.807) is 29.5 Å². The lowest BCUT2D eigenvalue weighted by molar-refractivity contribution is 0.0854. The zero-order valence-electron chi connectivity index (χ0n) is 9.77. The lowest BCUT2D eigenvalue weighted by atomic mass is 10.00. The Morgan fingerprint density at radius 2 is 2.17 bits per heavy atom. The summed E-state index contributed by atoms with van der Waals surface area (Å²) in [6.45, 7) is 2.05. The fourth-order valence-electron chi connectivity index (χ4n) is 2.08. The van der Waals surface area contributed by atoms with Crippen molar-refractivity contribution < 1.29 is 9.53 Å². The minimum Gasteiger partial charge on any atom is -0.484 e. The highest BCUT2D eigenvalue weighted by Crippen LogP contribution is 2.38. The second kappa shape index (κ2) is 4.41. The van der Waals surface area contributed by atoms with Gasteiger partial charge in [-0.15, -0.1) is 11.3 Å². The minimum absolute atomic E-state index is 0.0924. The molecule has 0 amide bonds. The van der Waals surface area contributed by atoms with Gasteiger partial charge in [-0.3, -0.25) is 4.79 Å². The first-order valence-corrected chi connectivity index (χ1v) is 6.88. The molecule has 1 unspecified atom stereocenters. The van der Waals surface area contributed by atoms with Crippen LogP contribution in [-0.4, -0.2) is 5.78 Å². The van der Waals surface area contributed by atoms with E-state index in [2.05, 4.69) is 0 Å². The third kappa shape index (κ3) is 2.04. The number of carbonyl (C=O) groups is 1. The van der Waals surface area contributed by atoms with Crippen LogP contribution in [0, 0.1) is 6.92 Å². The first kappa shape index (κ1) is 11.8. The van der Waals surface area contributed by atoms with Crippen LogP contribution >= 0.6 is 22.9 Å². The number of carbonyl (C=O) groups excluding carboxylic acids is 1. The zero-order valence-corrected chi connectivity index (χ0v) is 11.3. The highest BCUT2D eigenvalue weighted by atomic mass is 35.5. The van der Waals surface area contributed by atoms with Gasteiger partial charge < -0.3 is 4.74 Å². The monoisotopic (exact) mass is 278 g/mol. The molecule has 2 aromatic rings. The van der Waals surface area contributed by atoms with E-state index in [0.717, 1.165) is 4.88 Å². The molecule has 1 aromatic carbocycles. The third-order valence-electron chi connectivity index (χ3n) is 2.96. The molecular formula is C14H11ClO2S. The fraction of sp³-hybridized carbons (Fsp3) is 0.214. The third-order valence-corrected chi connectivity index (χ3v) is 4.29. The van der Waals surface area contributed by atoms with Crippen LogP contribution in [0.2, 0.25) is 5.02 Å². The van der Waals surface area contributed by atoms with Crippen LogP contribution in [-0.2, 0) is 0 Å². The molecule has 1 aliphatic heterocycles. The zero-order chi connectivity index (χ0) is 12.7. The maximum absolute atomic E-state index is 12.1. The molecule has 0 saturated heterocycles. The fourth-order valence-corrected chi connectivity index (χ4v) is 3.16. The Hall–Kier alpha value is -1.32. The van der Waals surface area contributed by atoms with Crippen molar-refractivity contribution in [3.63, 3.8) is 0 Å². The number of thiophene rings is 1. The smallest absolute Gasteiger partial charge is 0.170 e. The summed E-state index contributed by atoms with van der Waals surface area (Å²) in [5, 5.41) is 0.566. The van der Waals surface area contributed by atoms with Crippen molar-refractivity contribution in [1.29, 1.82) is 0 Å². The Morgan fingerprint density at radius 3 is 2.89 bits per heavy atom. The van der Waals surface area contributed by atoms with Crippen molar-refractivity contribution in [2.24, 2.45) is 0 Å². The lowest BCUT2D eigenvalue weighted by Crippen LogP contribution is -2.19. The van der Waals surface area contributed by atoms with Crippen molar-refractivity contribution in [2.75, 3.05) is 0 Å². The SMILES string of the molecule is Cc1ccc(C2CC(=O)c3cc(Cl)ccc3O2)s1. The van der Waals surface area contributed by atoms with Crippen LogP contribution in [0.1, 0.15) is 32.6 Å². The molecule has 18 heavy (non-hydrogen) atoms. The van der Waals surface area contributed by atoms with Gasteiger partial charge in [-0.1, -0.05) is 11.6 Å². The summed E-state index contributed by atoms with van der Waals surface area (Å²) >= 11 is 7.56. The van der Waals surface area contributed by atoms with Crippen LogP contribution in [0.4, 0.5) is 0 Å². The molecule has 0 fully saturated rings. The molecule has 0 radical (unpaired) electrons. The van der Waals surface area contributed by atoms with Crippen molar-refractivity contribution >= 4 is 28.7 Å². The van der Waals surface area contributed by atoms with E-state index in [1.807, 2.05) is 19.1 Å². The van der Waals surface area contributed by atoms with Gasteiger partial charge in [-0.05, 0) is 37.3 Å². The topological polar surface area (TPSA) is 26.3 Å². The normalized spacial score (nSPS) is 18.3. The number of Topliss-reactive ketones (excluding diaryl/α,β-unsaturated/α-hetero) is 1. The van der Waals surface area contributed by atoms with Gasteiger partial charge in [0.05, 0.1) is 12.0 Å². The molecule has 4 heteroatoms. The summed E-state index contributed by atoms with van der Waals surface area (Å²) in [5.41, 5.74) is 0.590. The molecule has 0 aliphatic carbocycles. The molecule has 1 aromatic heterocycles. The Morgan fingerprint density at radius 1 is 1.33 bits per heavy atom. The average molecular weight is 279 g/mol. The van der Waals surface area contributed by atoms with E-state index in [1.165, 1.54) is 4.88 Å². The van der Waals surface area contributed by atoms with Gasteiger partial charge in [0.2, 0.25) is 0 Å². The summed E-state index contributed by atoms with van der Waals surface area (Å²) in [6.07, 6.45) is 0.220. The van der Waals surface area contributed by atoms with E-state index in [0.29, 0.717) is 22.8 Å². The molecule has 1 aliphatic rings. The van der Waals surface area contributed by atoms with Crippen LogP contribution in [0.5, 0.6) is 5.75 Å². The lowest BCUT2D eigenvalue weighted by Gasteiger charge is -2.24. The number of aryl methyl sites for hydroxylation is 1. The maximum Gasteiger partial charge on any atom is 0.170 e. The highest BCUT2D eigenvalue weighted by molar-refractivity contribution is 7.12. The van der Waals surface area contributed by atoms with Crippen molar-refractivity contribution in [2.45, 2.75) is 19.4 Å².